The maximum absolute atomic E-state index is 13.0. The van der Waals surface area contributed by atoms with Crippen LogP contribution < -0.4 is 15.1 Å². The van der Waals surface area contributed by atoms with Gasteiger partial charge in [-0.05, 0) is 31.2 Å². The fourth-order valence-electron chi connectivity index (χ4n) is 3.32. The number of hydrogen-bond donors (Lipinski definition) is 2. The lowest BCUT2D eigenvalue weighted by Crippen LogP contribution is -3.09. The first kappa shape index (κ1) is 18.4. The highest BCUT2D eigenvalue weighted by molar-refractivity contribution is 6.30. The molecule has 26 heavy (non-hydrogen) atoms. The molecule has 0 fully saturated rings. The molecule has 1 heterocycles. The molecule has 6 heteroatoms. The van der Waals surface area contributed by atoms with Crippen LogP contribution in [0.1, 0.15) is 18.9 Å². The molecular weight excluding hydrogens is 350 g/mol. The SMILES string of the molecule is C[C@@H]1CC(=O)Nc2ccccc2N1C(=O)C[NH+](C)Cc1ccc(Cl)cc1. The van der Waals surface area contributed by atoms with E-state index in [4.69, 9.17) is 11.6 Å². The maximum atomic E-state index is 13.0. The number of anilines is 2. The minimum absolute atomic E-state index is 0.00733. The monoisotopic (exact) mass is 372 g/mol. The first-order valence-electron chi connectivity index (χ1n) is 8.70. The molecule has 3 rings (SSSR count). The Morgan fingerprint density at radius 3 is 2.65 bits per heavy atom. The van der Waals surface area contributed by atoms with Crippen molar-refractivity contribution >= 4 is 34.8 Å². The number of amides is 2. The quantitative estimate of drug-likeness (QED) is 0.863. The largest absolute Gasteiger partial charge is 0.326 e. The molecule has 0 radical (unpaired) electrons. The molecule has 2 aromatic carbocycles. The Morgan fingerprint density at radius 1 is 1.23 bits per heavy atom. The molecule has 0 saturated heterocycles. The zero-order valence-corrected chi connectivity index (χ0v) is 15.7. The van der Waals surface area contributed by atoms with E-state index in [9.17, 15) is 9.59 Å². The number of nitrogens with zero attached hydrogens (tertiary/aromatic N) is 1. The van der Waals surface area contributed by atoms with Gasteiger partial charge in [-0.2, -0.15) is 0 Å². The van der Waals surface area contributed by atoms with Crippen LogP contribution in [0.5, 0.6) is 0 Å². The summed E-state index contributed by atoms with van der Waals surface area (Å²) in [7, 11) is 1.99. The van der Waals surface area contributed by atoms with E-state index in [-0.39, 0.29) is 24.3 Å². The van der Waals surface area contributed by atoms with Crippen LogP contribution in [-0.2, 0) is 16.1 Å². The van der Waals surface area contributed by atoms with E-state index in [0.29, 0.717) is 17.3 Å². The van der Waals surface area contributed by atoms with Crippen molar-refractivity contribution in [2.45, 2.75) is 25.9 Å². The van der Waals surface area contributed by atoms with Crippen molar-refractivity contribution in [1.82, 2.24) is 0 Å². The van der Waals surface area contributed by atoms with Crippen LogP contribution in [0.2, 0.25) is 5.02 Å². The molecule has 5 nitrogen and oxygen atoms in total. The van der Waals surface area contributed by atoms with E-state index in [1.807, 2.05) is 62.5 Å². The molecule has 1 aliphatic rings. The summed E-state index contributed by atoms with van der Waals surface area (Å²) < 4.78 is 0. The van der Waals surface area contributed by atoms with Crippen LogP contribution in [0.4, 0.5) is 11.4 Å². The number of hydrogen-bond acceptors (Lipinski definition) is 2. The Bertz CT molecular complexity index is 807. The number of para-hydroxylation sites is 2. The van der Waals surface area contributed by atoms with E-state index >= 15 is 0 Å². The van der Waals surface area contributed by atoms with Gasteiger partial charge in [-0.3, -0.25) is 9.59 Å². The summed E-state index contributed by atoms with van der Waals surface area (Å²) >= 11 is 5.92. The van der Waals surface area contributed by atoms with Crippen molar-refractivity contribution in [3.63, 3.8) is 0 Å². The van der Waals surface area contributed by atoms with Crippen molar-refractivity contribution in [3.05, 3.63) is 59.1 Å². The summed E-state index contributed by atoms with van der Waals surface area (Å²) in [5.41, 5.74) is 2.57. The normalized spacial score (nSPS) is 17.9. The molecule has 1 aliphatic heterocycles. The van der Waals surface area contributed by atoms with Crippen LogP contribution in [0, 0.1) is 0 Å². The van der Waals surface area contributed by atoms with Gasteiger partial charge < -0.3 is 15.1 Å². The summed E-state index contributed by atoms with van der Waals surface area (Å²) in [5, 5.41) is 3.59. The number of fused-ring (bicyclic) bond motifs is 1. The highest BCUT2D eigenvalue weighted by Gasteiger charge is 2.30. The van der Waals surface area contributed by atoms with E-state index in [1.165, 1.54) is 0 Å². The predicted molar refractivity (Wildman–Crippen MR) is 104 cm³/mol. The second kappa shape index (κ2) is 7.89. The number of likely N-dealkylation sites (N-methyl/N-ethyl adjacent to an activating group) is 1. The lowest BCUT2D eigenvalue weighted by atomic mass is 10.1. The third-order valence-electron chi connectivity index (χ3n) is 4.50. The van der Waals surface area contributed by atoms with Gasteiger partial charge in [0.1, 0.15) is 6.54 Å². The minimum Gasteiger partial charge on any atom is -0.326 e. The minimum atomic E-state index is -0.186. The lowest BCUT2D eigenvalue weighted by Gasteiger charge is -2.28. The van der Waals surface area contributed by atoms with Crippen LogP contribution in [-0.4, -0.2) is 31.4 Å². The molecular formula is C20H23ClN3O2+. The third kappa shape index (κ3) is 4.23. The van der Waals surface area contributed by atoms with Gasteiger partial charge in [0.15, 0.2) is 6.54 Å². The van der Waals surface area contributed by atoms with Crippen molar-refractivity contribution in [3.8, 4) is 0 Å². The summed E-state index contributed by atoms with van der Waals surface area (Å²) in [6, 6.07) is 14.9. The number of rotatable bonds is 4. The van der Waals surface area contributed by atoms with Crippen molar-refractivity contribution < 1.29 is 14.5 Å². The van der Waals surface area contributed by atoms with Gasteiger partial charge in [-0.25, -0.2) is 0 Å². The number of halogens is 1. The highest BCUT2D eigenvalue weighted by Crippen LogP contribution is 2.31. The molecule has 0 aliphatic carbocycles. The highest BCUT2D eigenvalue weighted by atomic mass is 35.5. The molecule has 0 bridgehead atoms. The zero-order valence-electron chi connectivity index (χ0n) is 15.0. The average molecular weight is 373 g/mol. The van der Waals surface area contributed by atoms with Crippen molar-refractivity contribution in [2.75, 3.05) is 23.8 Å². The molecule has 1 unspecified atom stereocenters. The smallest absolute Gasteiger partial charge is 0.282 e. The molecule has 136 valence electrons. The summed E-state index contributed by atoms with van der Waals surface area (Å²) in [6.45, 7) is 2.98. The standard InChI is InChI=1S/C20H22ClN3O2/c1-14-11-19(25)22-17-5-3-4-6-18(17)24(14)20(26)13-23(2)12-15-7-9-16(21)10-8-15/h3-10,14H,11-13H2,1-2H3,(H,22,25)/p+1/t14-/m1/s1. The second-order valence-corrected chi connectivity index (χ2v) is 7.26. The number of quaternary nitrogens is 1. The van der Waals surface area contributed by atoms with E-state index in [0.717, 1.165) is 22.7 Å². The fraction of sp³-hybridized carbons (Fsp3) is 0.300. The molecule has 2 aromatic rings. The summed E-state index contributed by atoms with van der Waals surface area (Å²) in [4.78, 5) is 27.9. The molecule has 0 spiro atoms. The van der Waals surface area contributed by atoms with Gasteiger partial charge in [-0.1, -0.05) is 35.9 Å². The second-order valence-electron chi connectivity index (χ2n) is 6.82. The van der Waals surface area contributed by atoms with Crippen molar-refractivity contribution in [1.29, 1.82) is 0 Å². The van der Waals surface area contributed by atoms with Crippen LogP contribution in [0.25, 0.3) is 0 Å². The van der Waals surface area contributed by atoms with Gasteiger partial charge >= 0.3 is 0 Å². The first-order chi connectivity index (χ1) is 12.4. The maximum Gasteiger partial charge on any atom is 0.282 e. The van der Waals surface area contributed by atoms with Crippen LogP contribution >= 0.6 is 11.6 Å². The van der Waals surface area contributed by atoms with Crippen molar-refractivity contribution in [2.24, 2.45) is 0 Å². The van der Waals surface area contributed by atoms with E-state index in [1.54, 1.807) is 4.90 Å². The van der Waals surface area contributed by atoms with Crippen LogP contribution in [0.3, 0.4) is 0 Å². The number of carbonyl (C=O) groups is 2. The summed E-state index contributed by atoms with van der Waals surface area (Å²) in [6.07, 6.45) is 0.288. The Labute approximate surface area is 158 Å². The number of benzene rings is 2. The van der Waals surface area contributed by atoms with Gasteiger partial charge in [0.25, 0.3) is 5.91 Å². The Balaban J connectivity index is 1.75. The fourth-order valence-corrected chi connectivity index (χ4v) is 3.45. The van der Waals surface area contributed by atoms with E-state index < -0.39 is 0 Å². The number of nitrogens with one attached hydrogen (secondary N) is 2. The van der Waals surface area contributed by atoms with Crippen LogP contribution in [0.15, 0.2) is 48.5 Å². The van der Waals surface area contributed by atoms with E-state index in [2.05, 4.69) is 5.32 Å². The first-order valence-corrected chi connectivity index (χ1v) is 9.08. The zero-order chi connectivity index (χ0) is 18.7. The Hall–Kier alpha value is -2.37. The summed E-state index contributed by atoms with van der Waals surface area (Å²) in [5.74, 6) is -0.0602. The average Bonchev–Trinajstić information content (AvgIpc) is 2.71. The van der Waals surface area contributed by atoms with Gasteiger partial charge in [0, 0.05) is 23.0 Å². The van der Waals surface area contributed by atoms with Gasteiger partial charge in [0.2, 0.25) is 5.91 Å². The molecule has 0 saturated carbocycles. The molecule has 0 aromatic heterocycles. The van der Waals surface area contributed by atoms with Gasteiger partial charge in [-0.15, -0.1) is 0 Å². The van der Waals surface area contributed by atoms with Gasteiger partial charge in [0.05, 0.1) is 18.4 Å². The Morgan fingerprint density at radius 2 is 1.92 bits per heavy atom. The lowest BCUT2D eigenvalue weighted by molar-refractivity contribution is -0.885. The Kier molecular flexibility index (Phi) is 5.59. The molecule has 2 amide bonds. The predicted octanol–water partition coefficient (Wildman–Crippen LogP) is 2.12. The molecule has 2 N–H and O–H groups in total. The third-order valence-corrected chi connectivity index (χ3v) is 4.75. The molecule has 2 atom stereocenters. The number of carbonyl (C=O) groups excluding carboxylic acids is 2. The topological polar surface area (TPSA) is 53.9 Å².